The lowest BCUT2D eigenvalue weighted by Gasteiger charge is -2.40. The minimum Gasteiger partial charge on any atom is -0.506 e. The van der Waals surface area contributed by atoms with Gasteiger partial charge in [0.05, 0.1) is 30.0 Å². The smallest absolute Gasteiger partial charge is 0.262 e. The van der Waals surface area contributed by atoms with E-state index in [4.69, 9.17) is 19.6 Å². The van der Waals surface area contributed by atoms with Crippen molar-refractivity contribution in [2.75, 3.05) is 42.8 Å². The largest absolute Gasteiger partial charge is 0.506 e. The number of primary amides is 1. The van der Waals surface area contributed by atoms with Gasteiger partial charge in [0.25, 0.3) is 17.7 Å². The quantitative estimate of drug-likeness (QED) is 0.0236. The van der Waals surface area contributed by atoms with Crippen LogP contribution in [0.25, 0.3) is 10.9 Å². The first-order valence-corrected chi connectivity index (χ1v) is 25.2. The summed E-state index contributed by atoms with van der Waals surface area (Å²) in [5.41, 5.74) is 14.0. The summed E-state index contributed by atoms with van der Waals surface area (Å²) in [4.78, 5) is 42.7. The maximum atomic E-state index is 13.5. The number of rotatable bonds is 16. The highest BCUT2D eigenvalue weighted by molar-refractivity contribution is 6.74. The fourth-order valence-electron chi connectivity index (χ4n) is 7.60. The number of unbranched alkanes of at least 4 members (excludes halogenated alkanes) is 1. The summed E-state index contributed by atoms with van der Waals surface area (Å²) >= 11 is 0. The number of hydrogen-bond donors (Lipinski definition) is 6. The van der Waals surface area contributed by atoms with Gasteiger partial charge in [-0.3, -0.25) is 19.4 Å². The van der Waals surface area contributed by atoms with Crippen LogP contribution in [0.5, 0.6) is 17.2 Å². The molecule has 7 N–H and O–H groups in total. The van der Waals surface area contributed by atoms with E-state index in [1.54, 1.807) is 19.2 Å². The Morgan fingerprint density at radius 3 is 2.51 bits per heavy atom. The maximum Gasteiger partial charge on any atom is 0.262 e. The highest BCUT2D eigenvalue weighted by atomic mass is 28.4. The van der Waals surface area contributed by atoms with Crippen LogP contribution in [0.1, 0.15) is 88.3 Å². The maximum absolute atomic E-state index is 13.5. The number of aryl methyl sites for hydroxylation is 1. The number of phenols is 1. The van der Waals surface area contributed by atoms with Gasteiger partial charge in [-0.15, -0.1) is 0 Å². The van der Waals surface area contributed by atoms with E-state index in [2.05, 4.69) is 78.0 Å². The molecule has 5 aromatic carbocycles. The molecule has 3 amide bonds. The Labute approximate surface area is 393 Å². The Hall–Kier alpha value is -7.18. The number of benzene rings is 5. The lowest BCUT2D eigenvalue weighted by molar-refractivity contribution is -0.118. The van der Waals surface area contributed by atoms with Crippen LogP contribution in [0.15, 0.2) is 103 Å². The van der Waals surface area contributed by atoms with Crippen LogP contribution < -0.4 is 36.5 Å². The number of nitrogens with zero attached hydrogens (tertiary/aromatic N) is 1. The predicted octanol–water partition coefficient (Wildman–Crippen LogP) is 9.76. The van der Waals surface area contributed by atoms with Gasteiger partial charge >= 0.3 is 0 Å². The van der Waals surface area contributed by atoms with Gasteiger partial charge in [-0.05, 0) is 128 Å². The van der Waals surface area contributed by atoms with Gasteiger partial charge in [0.1, 0.15) is 17.2 Å². The molecule has 13 nitrogen and oxygen atoms in total. The number of phenolic OH excluding ortho intramolecular Hbond substituents is 1. The molecule has 346 valence electrons. The summed E-state index contributed by atoms with van der Waals surface area (Å²) < 4.78 is 18.1. The van der Waals surface area contributed by atoms with E-state index in [1.807, 2.05) is 85.8 Å². The number of aromatic nitrogens is 1. The molecule has 0 unspecified atom stereocenters. The number of nitrogens with one attached hydrogen (secondary N) is 4. The van der Waals surface area contributed by atoms with Crippen molar-refractivity contribution in [1.82, 2.24) is 10.3 Å². The zero-order valence-corrected chi connectivity index (χ0v) is 40.1. The van der Waals surface area contributed by atoms with E-state index in [9.17, 15) is 19.5 Å². The highest BCUT2D eigenvalue weighted by Gasteiger charge is 2.40. The third-order valence-corrected chi connectivity index (χ3v) is 16.6. The van der Waals surface area contributed by atoms with Gasteiger partial charge in [-0.2, -0.15) is 0 Å². The number of pyridine rings is 1. The van der Waals surface area contributed by atoms with Crippen LogP contribution in [-0.2, 0) is 15.6 Å². The molecule has 0 radical (unpaired) electrons. The molecule has 0 saturated heterocycles. The Morgan fingerprint density at radius 2 is 1.76 bits per heavy atom. The van der Waals surface area contributed by atoms with Crippen LogP contribution in [0.4, 0.5) is 22.7 Å². The molecule has 67 heavy (non-hydrogen) atoms. The molecule has 0 bridgehead atoms. The van der Waals surface area contributed by atoms with E-state index >= 15 is 0 Å². The molecule has 0 saturated carbocycles. The molecule has 0 fully saturated rings. The average Bonchev–Trinajstić information content (AvgIpc) is 3.29. The topological polar surface area (TPSA) is 186 Å². The van der Waals surface area contributed by atoms with Crippen LogP contribution in [0.3, 0.4) is 0 Å². The van der Waals surface area contributed by atoms with Gasteiger partial charge in [-0.1, -0.05) is 56.9 Å². The zero-order valence-electron chi connectivity index (χ0n) is 39.1. The first-order chi connectivity index (χ1) is 32.0. The number of aromatic hydroxyl groups is 1. The number of nitrogens with two attached hydrogens (primary N) is 1. The summed E-state index contributed by atoms with van der Waals surface area (Å²) in [6.45, 7) is 14.0. The van der Waals surface area contributed by atoms with E-state index in [-0.39, 0.29) is 46.6 Å². The summed E-state index contributed by atoms with van der Waals surface area (Å²) in [7, 11) is -0.623. The second kappa shape index (κ2) is 20.5. The molecule has 0 aliphatic carbocycles. The second-order valence-electron chi connectivity index (χ2n) is 18.2. The monoisotopic (exact) mass is 918 g/mol. The summed E-state index contributed by atoms with van der Waals surface area (Å²) in [5.74, 6) is 6.40. The van der Waals surface area contributed by atoms with Crippen molar-refractivity contribution in [3.63, 3.8) is 0 Å². The minimum atomic E-state index is -2.22. The Bertz CT molecular complexity index is 2880. The van der Waals surface area contributed by atoms with Gasteiger partial charge in [0.2, 0.25) is 0 Å². The van der Waals surface area contributed by atoms with E-state index in [0.29, 0.717) is 54.4 Å². The fourth-order valence-corrected chi connectivity index (χ4v) is 8.88. The van der Waals surface area contributed by atoms with E-state index in [0.717, 1.165) is 50.8 Å². The van der Waals surface area contributed by atoms with Crippen LogP contribution in [0.2, 0.25) is 18.1 Å². The Morgan fingerprint density at radius 1 is 0.985 bits per heavy atom. The third kappa shape index (κ3) is 11.6. The SMILES string of the molecule is COc1cccc(Nc2c(C(N)=O)cnc3c(C)cc(Cc4cccc(C(=O)Nc5ccc(C#CCCCNC[C@H](O[Si](C)(C)C(C)(C)C)c6ccc(O)c7c6OCC(=O)N7)cc5)c4)cc23)c1. The highest BCUT2D eigenvalue weighted by Crippen LogP contribution is 2.45. The molecular formula is C53H58N6O7Si. The average molecular weight is 919 g/mol. The first kappa shape index (κ1) is 47.8. The van der Waals surface area contributed by atoms with E-state index < -0.39 is 14.2 Å². The summed E-state index contributed by atoms with van der Waals surface area (Å²) in [5, 5.41) is 23.8. The molecule has 1 aromatic heterocycles. The summed E-state index contributed by atoms with van der Waals surface area (Å²) in [6, 6.07) is 29.9. The van der Waals surface area contributed by atoms with Crippen molar-refractivity contribution in [1.29, 1.82) is 0 Å². The predicted molar refractivity (Wildman–Crippen MR) is 267 cm³/mol. The zero-order chi connectivity index (χ0) is 47.9. The molecule has 0 spiro atoms. The van der Waals surface area contributed by atoms with Gasteiger partial charge in [0, 0.05) is 58.7 Å². The molecule has 7 rings (SSSR count). The van der Waals surface area contributed by atoms with Crippen LogP contribution in [0, 0.1) is 18.8 Å². The first-order valence-electron chi connectivity index (χ1n) is 22.3. The molecule has 2 heterocycles. The lowest BCUT2D eigenvalue weighted by atomic mass is 9.97. The number of carbonyl (C=O) groups is 3. The van der Waals surface area contributed by atoms with Crippen molar-refractivity contribution in [2.45, 2.75) is 71.2 Å². The number of methoxy groups -OCH3 is 1. The molecule has 14 heteroatoms. The van der Waals surface area contributed by atoms with Crippen LogP contribution >= 0.6 is 0 Å². The second-order valence-corrected chi connectivity index (χ2v) is 22.9. The minimum absolute atomic E-state index is 0.0343. The Kier molecular flexibility index (Phi) is 14.7. The van der Waals surface area contributed by atoms with Crippen molar-refractivity contribution in [3.05, 3.63) is 142 Å². The Balaban J connectivity index is 0.946. The van der Waals surface area contributed by atoms with Crippen LogP contribution in [-0.4, -0.2) is 62.9 Å². The van der Waals surface area contributed by atoms with Crippen molar-refractivity contribution >= 4 is 59.7 Å². The lowest BCUT2D eigenvalue weighted by Crippen LogP contribution is -2.43. The normalized spacial score (nSPS) is 12.8. The molecule has 1 atom stereocenters. The van der Waals surface area contributed by atoms with Gasteiger partial charge in [0.15, 0.2) is 20.7 Å². The molecule has 6 aromatic rings. The van der Waals surface area contributed by atoms with Crippen molar-refractivity contribution < 1.29 is 33.4 Å². The molecule has 1 aliphatic rings. The standard InChI is InChI=1S/C53H58N6O7Si/c1-33-25-36(28-42-47(33)56-30-43(51(54)62)48(42)57-39-16-12-17-40(29-39)64-5)26-35-14-11-15-37(27-35)52(63)58-38-20-18-34(19-21-38)13-9-8-10-24-55-31-45(66-67(6,7)53(2,3)4)41-22-23-44(60)49-50(41)65-32-46(61)59-49/h11-12,14-23,25,27-30,45,55,60H,8,10,24,26,31-32H2,1-7H3,(H2,54,62)(H,56,57)(H,58,63)(H,59,61)/t45-/m0/s1. The number of anilines is 4. The van der Waals surface area contributed by atoms with Crippen molar-refractivity contribution in [2.24, 2.45) is 5.73 Å². The van der Waals surface area contributed by atoms with Gasteiger partial charge in [-0.25, -0.2) is 0 Å². The van der Waals surface area contributed by atoms with E-state index in [1.165, 1.54) is 6.20 Å². The van der Waals surface area contributed by atoms with Gasteiger partial charge < -0.3 is 46.0 Å². The number of carbonyl (C=O) groups excluding carboxylic acids is 3. The number of amides is 3. The fraction of sp³-hybridized carbons (Fsp3) is 0.283. The molecular weight excluding hydrogens is 861 g/mol. The number of ether oxygens (including phenoxy) is 2. The number of fused-ring (bicyclic) bond motifs is 2. The van der Waals surface area contributed by atoms with Crippen molar-refractivity contribution in [3.8, 4) is 29.1 Å². The third-order valence-electron chi connectivity index (χ3n) is 12.2. The number of hydrogen-bond acceptors (Lipinski definition) is 10. The summed E-state index contributed by atoms with van der Waals surface area (Å²) in [6.07, 6.45) is 3.16. The molecule has 1 aliphatic heterocycles.